The molecule has 0 aliphatic carbocycles. The van der Waals surface area contributed by atoms with E-state index in [1.165, 1.54) is 0 Å². The van der Waals surface area contributed by atoms with Gasteiger partial charge in [0.25, 0.3) is 0 Å². The molecule has 0 unspecified atom stereocenters. The molecule has 0 fully saturated rings. The Labute approximate surface area is 94.2 Å². The Morgan fingerprint density at radius 3 is 1.19 bits per heavy atom. The largest absolute Gasteiger partial charge is 0.466 e. The molecule has 0 rings (SSSR count). The Kier molecular flexibility index (Phi) is 10.3. The minimum absolute atomic E-state index is 0.0938. The van der Waals surface area contributed by atoms with E-state index < -0.39 is 7.82 Å². The molecule has 0 aliphatic heterocycles. The fourth-order valence-electron chi connectivity index (χ4n) is 1.06. The molecule has 0 aliphatic rings. The van der Waals surface area contributed by atoms with Gasteiger partial charge < -0.3 is 34.5 Å². The van der Waals surface area contributed by atoms with Crippen LogP contribution in [0.5, 0.6) is 0 Å². The summed E-state index contributed by atoms with van der Waals surface area (Å²) in [4.78, 5) is 21.6. The summed E-state index contributed by atoms with van der Waals surface area (Å²) in [5.41, 5.74) is 0. The lowest BCUT2D eigenvalue weighted by molar-refractivity contribution is -0.910. The van der Waals surface area contributed by atoms with Crippen molar-refractivity contribution in [3.63, 3.8) is 0 Å². The number of nitrogens with zero attached hydrogens (tertiary/aromatic N) is 1. The zero-order chi connectivity index (χ0) is 13.2. The Bertz CT molecular complexity index is 182. The molecule has 9 heteroatoms. The molecule has 0 saturated carbocycles. The van der Waals surface area contributed by atoms with E-state index in [2.05, 4.69) is 0 Å². The Hall–Kier alpha value is -0.0500. The first kappa shape index (κ1) is 18.3. The van der Waals surface area contributed by atoms with Crippen molar-refractivity contribution in [3.8, 4) is 0 Å². The van der Waals surface area contributed by atoms with Crippen molar-refractivity contribution < 1.29 is 39.0 Å². The van der Waals surface area contributed by atoms with Crippen molar-refractivity contribution >= 4 is 7.82 Å². The highest BCUT2D eigenvalue weighted by molar-refractivity contribution is 7.45. The Morgan fingerprint density at radius 1 is 0.875 bits per heavy atom. The Morgan fingerprint density at radius 2 is 1.06 bits per heavy atom. The van der Waals surface area contributed by atoms with Crippen LogP contribution in [-0.2, 0) is 4.57 Å². The molecule has 0 radical (unpaired) electrons. The van der Waals surface area contributed by atoms with E-state index in [0.29, 0.717) is 24.1 Å². The van der Waals surface area contributed by atoms with E-state index >= 15 is 0 Å². The summed E-state index contributed by atoms with van der Waals surface area (Å²) < 4.78 is 9.41. The van der Waals surface area contributed by atoms with Crippen LogP contribution in [0.1, 0.15) is 0 Å². The van der Waals surface area contributed by atoms with E-state index in [-0.39, 0.29) is 19.8 Å². The van der Waals surface area contributed by atoms with Crippen LogP contribution in [0.15, 0.2) is 0 Å². The molecule has 0 bridgehead atoms. The number of rotatable bonds is 6. The van der Waals surface area contributed by atoms with Gasteiger partial charge in [-0.05, 0) is 0 Å². The van der Waals surface area contributed by atoms with Crippen LogP contribution in [0, 0.1) is 0 Å². The number of aliphatic hydroxyl groups is 3. The highest BCUT2D eigenvalue weighted by Gasteiger charge is 2.18. The van der Waals surface area contributed by atoms with Crippen molar-refractivity contribution in [1.29, 1.82) is 0 Å². The maximum atomic E-state index is 8.88. The number of hydrogen-bond acceptors (Lipinski definition) is 4. The topological polar surface area (TPSA) is 138 Å². The monoisotopic (exact) mass is 262 g/mol. The van der Waals surface area contributed by atoms with Gasteiger partial charge in [0.15, 0.2) is 0 Å². The van der Waals surface area contributed by atoms with Crippen LogP contribution < -0.4 is 0 Å². The molecule has 100 valence electrons. The van der Waals surface area contributed by atoms with E-state index in [9.17, 15) is 0 Å². The van der Waals surface area contributed by atoms with Crippen molar-refractivity contribution in [1.82, 2.24) is 0 Å². The highest BCUT2D eigenvalue weighted by Crippen LogP contribution is 2.25. The quantitative estimate of drug-likeness (QED) is 0.229. The lowest BCUT2D eigenvalue weighted by atomic mass is 10.4. The van der Waals surface area contributed by atoms with Crippen molar-refractivity contribution in [2.75, 3.05) is 46.5 Å². The van der Waals surface area contributed by atoms with Gasteiger partial charge in [-0.2, -0.15) is 0 Å². The smallest absolute Gasteiger partial charge is 0.391 e. The first-order chi connectivity index (χ1) is 7.18. The summed E-state index contributed by atoms with van der Waals surface area (Å²) in [5.74, 6) is 0. The summed E-state index contributed by atoms with van der Waals surface area (Å²) in [6, 6.07) is 0. The van der Waals surface area contributed by atoms with Gasteiger partial charge in [0.1, 0.15) is 19.6 Å². The Balaban J connectivity index is 0. The third kappa shape index (κ3) is 16.4. The zero-order valence-corrected chi connectivity index (χ0v) is 10.1. The van der Waals surface area contributed by atoms with Gasteiger partial charge in [-0.15, -0.1) is 0 Å². The highest BCUT2D eigenvalue weighted by atomic mass is 31.2. The lowest BCUT2D eigenvalue weighted by Gasteiger charge is -2.32. The summed E-state index contributed by atoms with van der Waals surface area (Å²) in [6.07, 6.45) is 0. The fourth-order valence-corrected chi connectivity index (χ4v) is 1.06. The van der Waals surface area contributed by atoms with Crippen LogP contribution in [0.2, 0.25) is 0 Å². The summed E-state index contributed by atoms with van der Waals surface area (Å²) in [6.45, 7) is 2.03. The molecule has 0 aromatic heterocycles. The molecule has 0 aromatic carbocycles. The van der Waals surface area contributed by atoms with Crippen LogP contribution in [0.4, 0.5) is 0 Å². The van der Waals surface area contributed by atoms with E-state index in [1.807, 2.05) is 7.05 Å². The van der Waals surface area contributed by atoms with Gasteiger partial charge in [0.05, 0.1) is 26.9 Å². The molecular formula is C7H21NO7P+. The second kappa shape index (κ2) is 9.03. The average molecular weight is 262 g/mol. The number of phosphoric acid groups is 1. The second-order valence-corrected chi connectivity index (χ2v) is 4.50. The zero-order valence-electron chi connectivity index (χ0n) is 9.23. The van der Waals surface area contributed by atoms with Gasteiger partial charge in [-0.25, -0.2) is 4.57 Å². The van der Waals surface area contributed by atoms with Crippen LogP contribution in [-0.4, -0.2) is 81.0 Å². The van der Waals surface area contributed by atoms with E-state index in [4.69, 9.17) is 34.6 Å². The molecule has 16 heavy (non-hydrogen) atoms. The molecule has 0 heterocycles. The normalized spacial score (nSPS) is 11.9. The summed E-state index contributed by atoms with van der Waals surface area (Å²) >= 11 is 0. The molecule has 0 aromatic rings. The molecule has 0 amide bonds. The minimum Gasteiger partial charge on any atom is -0.391 e. The SMILES string of the molecule is C[N+](CCO)(CCO)CCO.O=P(O)(O)O. The van der Waals surface area contributed by atoms with Crippen molar-refractivity contribution in [2.45, 2.75) is 0 Å². The van der Waals surface area contributed by atoms with Crippen molar-refractivity contribution in [3.05, 3.63) is 0 Å². The van der Waals surface area contributed by atoms with E-state index in [0.717, 1.165) is 0 Å². The first-order valence-electron chi connectivity index (χ1n) is 4.63. The van der Waals surface area contributed by atoms with Gasteiger partial charge in [-0.3, -0.25) is 0 Å². The number of hydrogen-bond donors (Lipinski definition) is 6. The average Bonchev–Trinajstić information content (AvgIpc) is 2.01. The van der Waals surface area contributed by atoms with E-state index in [1.54, 1.807) is 0 Å². The lowest BCUT2D eigenvalue weighted by Crippen LogP contribution is -2.49. The fraction of sp³-hybridized carbons (Fsp3) is 1.00. The predicted molar refractivity (Wildman–Crippen MR) is 56.3 cm³/mol. The standard InChI is InChI=1S/C7H18NO3.H3O4P/c1-8(2-5-9,3-6-10)4-7-11;1-5(2,3)4/h9-11H,2-7H2,1H3;(H3,1,2,3,4)/q+1;. The van der Waals surface area contributed by atoms with Gasteiger partial charge in [0.2, 0.25) is 0 Å². The third-order valence-electron chi connectivity index (χ3n) is 1.92. The maximum absolute atomic E-state index is 8.88. The number of likely N-dealkylation sites (N-methyl/N-ethyl adjacent to an activating group) is 1. The summed E-state index contributed by atoms with van der Waals surface area (Å²) in [7, 11) is -2.73. The molecule has 0 saturated heterocycles. The van der Waals surface area contributed by atoms with Crippen LogP contribution >= 0.6 is 7.82 Å². The molecule has 0 spiro atoms. The second-order valence-electron chi connectivity index (χ2n) is 3.47. The molecule has 0 atom stereocenters. The molecule has 6 N–H and O–H groups in total. The number of aliphatic hydroxyl groups excluding tert-OH is 3. The molecule has 8 nitrogen and oxygen atoms in total. The third-order valence-corrected chi connectivity index (χ3v) is 1.92. The number of quaternary nitrogens is 1. The maximum Gasteiger partial charge on any atom is 0.466 e. The van der Waals surface area contributed by atoms with Gasteiger partial charge >= 0.3 is 7.82 Å². The van der Waals surface area contributed by atoms with Crippen LogP contribution in [0.25, 0.3) is 0 Å². The predicted octanol–water partition coefficient (Wildman–Crippen LogP) is -2.52. The summed E-state index contributed by atoms with van der Waals surface area (Å²) in [5, 5.41) is 26.0. The van der Waals surface area contributed by atoms with Gasteiger partial charge in [-0.1, -0.05) is 0 Å². The van der Waals surface area contributed by atoms with Gasteiger partial charge in [0, 0.05) is 0 Å². The van der Waals surface area contributed by atoms with Crippen LogP contribution in [0.3, 0.4) is 0 Å². The minimum atomic E-state index is -4.64. The van der Waals surface area contributed by atoms with Crippen molar-refractivity contribution in [2.24, 2.45) is 0 Å². The molecular weight excluding hydrogens is 241 g/mol. The first-order valence-corrected chi connectivity index (χ1v) is 6.19.